The molecule has 0 saturated heterocycles. The minimum Gasteiger partial charge on any atom is -0.317 e. The van der Waals surface area contributed by atoms with Gasteiger partial charge in [-0.2, -0.15) is 0 Å². The van der Waals surface area contributed by atoms with E-state index in [2.05, 4.69) is 26.1 Å². The predicted octanol–water partition coefficient (Wildman–Crippen LogP) is 4.03. The molecular weight excluding hydrogens is 225 g/mol. The molecule has 0 amide bonds. The van der Waals surface area contributed by atoms with Crippen LogP contribution < -0.4 is 5.32 Å². The van der Waals surface area contributed by atoms with E-state index in [0.29, 0.717) is 5.92 Å². The van der Waals surface area contributed by atoms with Crippen molar-refractivity contribution in [1.82, 2.24) is 5.32 Å². The molecular formula is C16H26FN. The van der Waals surface area contributed by atoms with Crippen molar-refractivity contribution in [3.8, 4) is 0 Å². The van der Waals surface area contributed by atoms with Crippen LogP contribution in [0.4, 0.5) is 4.39 Å². The predicted molar refractivity (Wildman–Crippen MR) is 76.2 cm³/mol. The maximum absolute atomic E-state index is 12.9. The van der Waals surface area contributed by atoms with E-state index in [4.69, 9.17) is 0 Å². The second-order valence-corrected chi connectivity index (χ2v) is 5.25. The number of hydrogen-bond acceptors (Lipinski definition) is 1. The van der Waals surface area contributed by atoms with E-state index < -0.39 is 0 Å². The summed E-state index contributed by atoms with van der Waals surface area (Å²) in [5, 5.41) is 3.44. The van der Waals surface area contributed by atoms with Crippen LogP contribution in [0.2, 0.25) is 0 Å². The Morgan fingerprint density at radius 2 is 1.83 bits per heavy atom. The molecule has 1 nitrogen and oxygen atoms in total. The first kappa shape index (κ1) is 15.2. The fourth-order valence-corrected chi connectivity index (χ4v) is 2.28. The zero-order valence-electron chi connectivity index (χ0n) is 11.9. The molecule has 0 heterocycles. The Kier molecular flexibility index (Phi) is 6.96. The Labute approximate surface area is 111 Å². The van der Waals surface area contributed by atoms with Crippen molar-refractivity contribution in [2.45, 2.75) is 40.0 Å². The first-order valence-electron chi connectivity index (χ1n) is 7.10. The Balaban J connectivity index is 2.56. The average Bonchev–Trinajstić information content (AvgIpc) is 2.38. The summed E-state index contributed by atoms with van der Waals surface area (Å²) >= 11 is 0. The van der Waals surface area contributed by atoms with Crippen LogP contribution in [-0.4, -0.2) is 13.1 Å². The molecule has 1 aromatic rings. The van der Waals surface area contributed by atoms with Crippen molar-refractivity contribution in [1.29, 1.82) is 0 Å². The number of hydrogen-bond donors (Lipinski definition) is 1. The zero-order chi connectivity index (χ0) is 13.4. The highest BCUT2D eigenvalue weighted by Crippen LogP contribution is 2.19. The molecule has 0 aliphatic carbocycles. The smallest absolute Gasteiger partial charge is 0.123 e. The lowest BCUT2D eigenvalue weighted by molar-refractivity contribution is 0.365. The molecule has 0 radical (unpaired) electrons. The fraction of sp³-hybridized carbons (Fsp3) is 0.625. The minimum absolute atomic E-state index is 0.149. The summed E-state index contributed by atoms with van der Waals surface area (Å²) in [5.74, 6) is 1.25. The van der Waals surface area contributed by atoms with Gasteiger partial charge in [-0.1, -0.05) is 39.3 Å². The monoisotopic (exact) mass is 251 g/mol. The standard InChI is InChI=1S/C16H26FN/c1-4-13(3)10-15(12-18-5-2)11-14-6-8-16(17)9-7-14/h6-9,13,15,18H,4-5,10-12H2,1-3H3. The highest BCUT2D eigenvalue weighted by atomic mass is 19.1. The van der Waals surface area contributed by atoms with Crippen LogP contribution in [0.1, 0.15) is 39.2 Å². The zero-order valence-corrected chi connectivity index (χ0v) is 11.9. The maximum atomic E-state index is 12.9. The molecule has 0 bridgehead atoms. The van der Waals surface area contributed by atoms with E-state index in [-0.39, 0.29) is 5.82 Å². The summed E-state index contributed by atoms with van der Waals surface area (Å²) in [5.41, 5.74) is 1.24. The van der Waals surface area contributed by atoms with E-state index in [0.717, 1.165) is 25.4 Å². The molecule has 0 fully saturated rings. The van der Waals surface area contributed by atoms with E-state index in [9.17, 15) is 4.39 Å². The van der Waals surface area contributed by atoms with Crippen molar-refractivity contribution in [2.75, 3.05) is 13.1 Å². The molecule has 2 atom stereocenters. The molecule has 1 rings (SSSR count). The van der Waals surface area contributed by atoms with Gasteiger partial charge in [-0.15, -0.1) is 0 Å². The van der Waals surface area contributed by atoms with Gasteiger partial charge in [-0.3, -0.25) is 0 Å². The topological polar surface area (TPSA) is 12.0 Å². The lowest BCUT2D eigenvalue weighted by Crippen LogP contribution is -2.25. The molecule has 2 heteroatoms. The molecule has 2 unspecified atom stereocenters. The molecule has 1 aromatic carbocycles. The number of nitrogens with one attached hydrogen (secondary N) is 1. The molecule has 18 heavy (non-hydrogen) atoms. The van der Waals surface area contributed by atoms with E-state index >= 15 is 0 Å². The molecule has 0 aliphatic heterocycles. The molecule has 0 aliphatic rings. The molecule has 0 aromatic heterocycles. The SMILES string of the molecule is CCNCC(Cc1ccc(F)cc1)CC(C)CC. The van der Waals surface area contributed by atoms with Gasteiger partial charge in [-0.05, 0) is 55.5 Å². The third kappa shape index (κ3) is 5.63. The van der Waals surface area contributed by atoms with Crippen molar-refractivity contribution in [3.63, 3.8) is 0 Å². The Hall–Kier alpha value is -0.890. The molecule has 0 saturated carbocycles. The Morgan fingerprint density at radius 3 is 2.39 bits per heavy atom. The molecule has 1 N–H and O–H groups in total. The summed E-state index contributed by atoms with van der Waals surface area (Å²) in [6.07, 6.45) is 3.50. The van der Waals surface area contributed by atoms with Crippen LogP contribution in [0.3, 0.4) is 0 Å². The van der Waals surface area contributed by atoms with Crippen LogP contribution >= 0.6 is 0 Å². The maximum Gasteiger partial charge on any atom is 0.123 e. The summed E-state index contributed by atoms with van der Waals surface area (Å²) in [6.45, 7) is 8.76. The van der Waals surface area contributed by atoms with E-state index in [1.807, 2.05) is 12.1 Å². The number of benzene rings is 1. The van der Waals surface area contributed by atoms with Gasteiger partial charge < -0.3 is 5.32 Å². The summed E-state index contributed by atoms with van der Waals surface area (Å²) in [4.78, 5) is 0. The normalized spacial score (nSPS) is 14.4. The lowest BCUT2D eigenvalue weighted by Gasteiger charge is -2.20. The van der Waals surface area contributed by atoms with Crippen molar-refractivity contribution < 1.29 is 4.39 Å². The van der Waals surface area contributed by atoms with Crippen LogP contribution in [0.15, 0.2) is 24.3 Å². The van der Waals surface area contributed by atoms with Crippen molar-refractivity contribution in [2.24, 2.45) is 11.8 Å². The van der Waals surface area contributed by atoms with Gasteiger partial charge in [0.25, 0.3) is 0 Å². The first-order chi connectivity index (χ1) is 8.65. The van der Waals surface area contributed by atoms with Crippen molar-refractivity contribution >= 4 is 0 Å². The minimum atomic E-state index is -0.149. The van der Waals surface area contributed by atoms with Gasteiger partial charge in [0.15, 0.2) is 0 Å². The lowest BCUT2D eigenvalue weighted by atomic mass is 9.89. The number of rotatable bonds is 8. The highest BCUT2D eigenvalue weighted by Gasteiger charge is 2.12. The second kappa shape index (κ2) is 8.25. The van der Waals surface area contributed by atoms with Crippen LogP contribution in [0.25, 0.3) is 0 Å². The quantitative estimate of drug-likeness (QED) is 0.735. The Bertz CT molecular complexity index is 320. The van der Waals surface area contributed by atoms with Crippen molar-refractivity contribution in [3.05, 3.63) is 35.6 Å². The second-order valence-electron chi connectivity index (χ2n) is 5.25. The number of halogens is 1. The Morgan fingerprint density at radius 1 is 1.17 bits per heavy atom. The van der Waals surface area contributed by atoms with E-state index in [1.165, 1.54) is 18.4 Å². The molecule has 102 valence electrons. The third-order valence-electron chi connectivity index (χ3n) is 3.55. The van der Waals surface area contributed by atoms with Crippen LogP contribution in [0, 0.1) is 17.7 Å². The summed E-state index contributed by atoms with van der Waals surface area (Å²) in [7, 11) is 0. The summed E-state index contributed by atoms with van der Waals surface area (Å²) in [6, 6.07) is 6.93. The van der Waals surface area contributed by atoms with Gasteiger partial charge in [0.2, 0.25) is 0 Å². The fourth-order valence-electron chi connectivity index (χ4n) is 2.28. The van der Waals surface area contributed by atoms with E-state index in [1.54, 1.807) is 12.1 Å². The van der Waals surface area contributed by atoms with Gasteiger partial charge in [0.05, 0.1) is 0 Å². The van der Waals surface area contributed by atoms with Crippen LogP contribution in [0.5, 0.6) is 0 Å². The summed E-state index contributed by atoms with van der Waals surface area (Å²) < 4.78 is 12.9. The largest absolute Gasteiger partial charge is 0.317 e. The highest BCUT2D eigenvalue weighted by molar-refractivity contribution is 5.16. The molecule has 0 spiro atoms. The van der Waals surface area contributed by atoms with Gasteiger partial charge in [0, 0.05) is 0 Å². The average molecular weight is 251 g/mol. The van der Waals surface area contributed by atoms with Crippen LogP contribution in [-0.2, 0) is 6.42 Å². The van der Waals surface area contributed by atoms with Gasteiger partial charge >= 0.3 is 0 Å². The van der Waals surface area contributed by atoms with Gasteiger partial charge in [0.1, 0.15) is 5.82 Å². The third-order valence-corrected chi connectivity index (χ3v) is 3.55. The first-order valence-corrected chi connectivity index (χ1v) is 7.10. The van der Waals surface area contributed by atoms with Gasteiger partial charge in [-0.25, -0.2) is 4.39 Å².